The van der Waals surface area contributed by atoms with E-state index in [1.54, 1.807) is 30.8 Å². The molecule has 0 bridgehead atoms. The first-order valence-corrected chi connectivity index (χ1v) is 11.5. The summed E-state index contributed by atoms with van der Waals surface area (Å²) in [5.74, 6) is 0.316. The lowest BCUT2D eigenvalue weighted by molar-refractivity contribution is -0.123. The van der Waals surface area contributed by atoms with Gasteiger partial charge in [0.25, 0.3) is 0 Å². The van der Waals surface area contributed by atoms with Crippen molar-refractivity contribution in [2.75, 3.05) is 19.8 Å². The van der Waals surface area contributed by atoms with Crippen molar-refractivity contribution in [1.82, 2.24) is 19.8 Å². The molecule has 1 amide bonds. The van der Waals surface area contributed by atoms with Crippen molar-refractivity contribution < 1.29 is 22.7 Å². The highest BCUT2D eigenvalue weighted by molar-refractivity contribution is 7.89. The average Bonchev–Trinajstić information content (AvgIpc) is 3.12. The molecule has 2 heterocycles. The lowest BCUT2D eigenvalue weighted by Crippen LogP contribution is -2.49. The van der Waals surface area contributed by atoms with Crippen LogP contribution in [-0.2, 0) is 21.4 Å². The van der Waals surface area contributed by atoms with E-state index in [-0.39, 0.29) is 16.7 Å². The van der Waals surface area contributed by atoms with Crippen LogP contribution >= 0.6 is 0 Å². The minimum atomic E-state index is -3.92. The highest BCUT2D eigenvalue weighted by Crippen LogP contribution is 2.32. The van der Waals surface area contributed by atoms with Crippen molar-refractivity contribution in [2.45, 2.75) is 44.2 Å². The van der Waals surface area contributed by atoms with Crippen molar-refractivity contribution in [3.05, 3.63) is 36.7 Å². The van der Waals surface area contributed by atoms with Gasteiger partial charge in [0.15, 0.2) is 11.5 Å². The van der Waals surface area contributed by atoms with Crippen LogP contribution in [0.15, 0.2) is 41.6 Å². The van der Waals surface area contributed by atoms with Gasteiger partial charge in [-0.05, 0) is 30.5 Å². The summed E-state index contributed by atoms with van der Waals surface area (Å²) in [5.41, 5.74) is 0. The van der Waals surface area contributed by atoms with Gasteiger partial charge in [-0.25, -0.2) is 8.42 Å². The predicted molar refractivity (Wildman–Crippen MR) is 111 cm³/mol. The molecular formula is C20H28N4O5S. The van der Waals surface area contributed by atoms with Gasteiger partial charge in [-0.1, -0.05) is 13.8 Å². The molecule has 0 radical (unpaired) electrons. The number of benzene rings is 1. The summed E-state index contributed by atoms with van der Waals surface area (Å²) in [6.45, 7) is 5.66. The fraction of sp³-hybridized carbons (Fsp3) is 0.500. The van der Waals surface area contributed by atoms with Crippen LogP contribution in [0.2, 0.25) is 0 Å². The zero-order valence-electron chi connectivity index (χ0n) is 17.2. The maximum absolute atomic E-state index is 12.9. The van der Waals surface area contributed by atoms with E-state index in [2.05, 4.69) is 15.1 Å². The molecule has 164 valence electrons. The first-order valence-electron chi connectivity index (χ1n) is 10.0. The summed E-state index contributed by atoms with van der Waals surface area (Å²) >= 11 is 0. The SMILES string of the molecule is CC(C)C(NS(=O)(=O)c1ccc2c(c1)OCCCO2)C(=O)NCCCn1cccn1. The standard InChI is InChI=1S/C20H28N4O5S/c1-15(2)19(20(25)21-8-3-10-24-11-4-9-22-24)23-30(26,27)16-6-7-17-18(14-16)29-13-5-12-28-17/h4,6-7,9,11,14-15,19,23H,3,5,8,10,12-13H2,1-2H3,(H,21,25). The molecule has 0 aliphatic carbocycles. The molecule has 30 heavy (non-hydrogen) atoms. The van der Waals surface area contributed by atoms with Crippen LogP contribution in [0.5, 0.6) is 11.5 Å². The van der Waals surface area contributed by atoms with Gasteiger partial charge >= 0.3 is 0 Å². The van der Waals surface area contributed by atoms with Crippen molar-refractivity contribution in [1.29, 1.82) is 0 Å². The Balaban J connectivity index is 1.63. The molecule has 1 aromatic carbocycles. The second-order valence-electron chi connectivity index (χ2n) is 7.42. The Morgan fingerprint density at radius 1 is 1.23 bits per heavy atom. The van der Waals surface area contributed by atoms with Gasteiger partial charge in [0, 0.05) is 38.0 Å². The van der Waals surface area contributed by atoms with E-state index in [0.717, 1.165) is 6.42 Å². The van der Waals surface area contributed by atoms with Gasteiger partial charge in [0.05, 0.1) is 18.1 Å². The Kier molecular flexibility index (Phi) is 7.33. The van der Waals surface area contributed by atoms with Crippen LogP contribution in [0.4, 0.5) is 0 Å². The van der Waals surface area contributed by atoms with Crippen molar-refractivity contribution >= 4 is 15.9 Å². The minimum Gasteiger partial charge on any atom is -0.490 e. The van der Waals surface area contributed by atoms with Crippen LogP contribution in [-0.4, -0.2) is 49.9 Å². The molecule has 2 N–H and O–H groups in total. The molecule has 0 fully saturated rings. The number of nitrogens with zero attached hydrogens (tertiary/aromatic N) is 2. The third-order valence-electron chi connectivity index (χ3n) is 4.68. The fourth-order valence-electron chi connectivity index (χ4n) is 3.03. The van der Waals surface area contributed by atoms with Crippen LogP contribution < -0.4 is 19.5 Å². The van der Waals surface area contributed by atoms with Gasteiger partial charge in [0.1, 0.15) is 6.04 Å². The van der Waals surface area contributed by atoms with E-state index in [1.807, 2.05) is 12.3 Å². The molecule has 1 aliphatic heterocycles. The zero-order chi connectivity index (χ0) is 21.6. The van der Waals surface area contributed by atoms with E-state index < -0.39 is 16.1 Å². The average molecular weight is 437 g/mol. The quantitative estimate of drug-likeness (QED) is 0.577. The number of nitrogens with one attached hydrogen (secondary N) is 2. The van der Waals surface area contributed by atoms with Crippen LogP contribution in [0, 0.1) is 5.92 Å². The Morgan fingerprint density at radius 2 is 2.00 bits per heavy atom. The number of rotatable bonds is 9. The lowest BCUT2D eigenvalue weighted by atomic mass is 10.1. The number of ether oxygens (including phenoxy) is 2. The highest BCUT2D eigenvalue weighted by Gasteiger charge is 2.29. The number of carbonyl (C=O) groups is 1. The van der Waals surface area contributed by atoms with Crippen molar-refractivity contribution in [2.24, 2.45) is 5.92 Å². The third-order valence-corrected chi connectivity index (χ3v) is 6.12. The number of amides is 1. The molecule has 9 nitrogen and oxygen atoms in total. The normalized spacial score (nSPS) is 14.9. The molecule has 2 aromatic rings. The summed E-state index contributed by atoms with van der Waals surface area (Å²) in [6.07, 6.45) is 4.96. The number of hydrogen-bond acceptors (Lipinski definition) is 6. The minimum absolute atomic E-state index is 0.0314. The maximum Gasteiger partial charge on any atom is 0.241 e. The Labute approximate surface area is 176 Å². The topological polar surface area (TPSA) is 112 Å². The summed E-state index contributed by atoms with van der Waals surface area (Å²) < 4.78 is 41.2. The van der Waals surface area contributed by atoms with E-state index in [1.165, 1.54) is 12.1 Å². The number of sulfonamides is 1. The van der Waals surface area contributed by atoms with Gasteiger partial charge in [-0.2, -0.15) is 9.82 Å². The summed E-state index contributed by atoms with van der Waals surface area (Å²) in [6, 6.07) is 5.41. The predicted octanol–water partition coefficient (Wildman–Crippen LogP) is 1.55. The smallest absolute Gasteiger partial charge is 0.241 e. The summed E-state index contributed by atoms with van der Waals surface area (Å²) in [7, 11) is -3.92. The molecule has 0 saturated heterocycles. The van der Waals surface area contributed by atoms with E-state index in [4.69, 9.17) is 9.47 Å². The van der Waals surface area contributed by atoms with Crippen molar-refractivity contribution in [3.8, 4) is 11.5 Å². The molecule has 1 aliphatic rings. The molecule has 1 unspecified atom stereocenters. The molecular weight excluding hydrogens is 408 g/mol. The highest BCUT2D eigenvalue weighted by atomic mass is 32.2. The monoisotopic (exact) mass is 436 g/mol. The lowest BCUT2D eigenvalue weighted by Gasteiger charge is -2.22. The van der Waals surface area contributed by atoms with E-state index in [9.17, 15) is 13.2 Å². The number of carbonyl (C=O) groups excluding carboxylic acids is 1. The van der Waals surface area contributed by atoms with Gasteiger partial charge in [0.2, 0.25) is 15.9 Å². The van der Waals surface area contributed by atoms with Crippen LogP contribution in [0.3, 0.4) is 0 Å². The van der Waals surface area contributed by atoms with Gasteiger partial charge in [-0.15, -0.1) is 0 Å². The zero-order valence-corrected chi connectivity index (χ0v) is 18.0. The van der Waals surface area contributed by atoms with E-state index >= 15 is 0 Å². The molecule has 0 saturated carbocycles. The van der Waals surface area contributed by atoms with Gasteiger partial charge < -0.3 is 14.8 Å². The Morgan fingerprint density at radius 3 is 2.70 bits per heavy atom. The van der Waals surface area contributed by atoms with Crippen LogP contribution in [0.1, 0.15) is 26.7 Å². The number of fused-ring (bicyclic) bond motifs is 1. The Bertz CT molecular complexity index is 944. The molecule has 3 rings (SSSR count). The Hall–Kier alpha value is -2.59. The maximum atomic E-state index is 12.9. The number of aryl methyl sites for hydroxylation is 1. The van der Waals surface area contributed by atoms with Gasteiger partial charge in [-0.3, -0.25) is 9.48 Å². The molecule has 0 spiro atoms. The largest absolute Gasteiger partial charge is 0.490 e. The number of hydrogen-bond donors (Lipinski definition) is 2. The van der Waals surface area contributed by atoms with Crippen LogP contribution in [0.25, 0.3) is 0 Å². The summed E-state index contributed by atoms with van der Waals surface area (Å²) in [4.78, 5) is 12.7. The fourth-order valence-corrected chi connectivity index (χ4v) is 4.39. The first kappa shape index (κ1) is 22.1. The third kappa shape index (κ3) is 5.73. The van der Waals surface area contributed by atoms with Crippen molar-refractivity contribution in [3.63, 3.8) is 0 Å². The molecule has 10 heteroatoms. The second kappa shape index (κ2) is 9.94. The first-order chi connectivity index (χ1) is 14.4. The number of aromatic nitrogens is 2. The second-order valence-corrected chi connectivity index (χ2v) is 9.13. The molecule has 1 aromatic heterocycles. The molecule has 1 atom stereocenters. The van der Waals surface area contributed by atoms with E-state index in [0.29, 0.717) is 44.2 Å². The summed E-state index contributed by atoms with van der Waals surface area (Å²) in [5, 5.41) is 6.91.